The number of nitrogens with one attached hydrogen (secondary N) is 1. The molecule has 0 radical (unpaired) electrons. The Hall–Kier alpha value is -4.19. The van der Waals surface area contributed by atoms with Gasteiger partial charge in [-0.15, -0.1) is 0 Å². The highest BCUT2D eigenvalue weighted by Crippen LogP contribution is 2.33. The fraction of sp³-hybridized carbons (Fsp3) is 0.148. The Kier molecular flexibility index (Phi) is 6.09. The molecule has 0 saturated carbocycles. The first-order valence-electron chi connectivity index (χ1n) is 10.7. The molecule has 0 unspecified atom stereocenters. The molecule has 0 bridgehead atoms. The van der Waals surface area contributed by atoms with E-state index in [-0.39, 0.29) is 11.8 Å². The van der Waals surface area contributed by atoms with Crippen molar-refractivity contribution in [2.45, 2.75) is 20.8 Å². The number of carbonyl (C=O) groups excluding carboxylic acids is 2. The second kappa shape index (κ2) is 9.12. The van der Waals surface area contributed by atoms with Crippen molar-refractivity contribution in [3.63, 3.8) is 0 Å². The summed E-state index contributed by atoms with van der Waals surface area (Å²) in [6.07, 6.45) is 0. The second-order valence-corrected chi connectivity index (χ2v) is 8.01. The van der Waals surface area contributed by atoms with Crippen LogP contribution in [0.1, 0.15) is 28.5 Å². The number of carbonyl (C=O) groups is 2. The number of amides is 2. The third kappa shape index (κ3) is 4.55. The Labute approximate surface area is 193 Å². The van der Waals surface area contributed by atoms with E-state index in [1.165, 1.54) is 6.92 Å². The number of aryl methyl sites for hydroxylation is 2. The summed E-state index contributed by atoms with van der Waals surface area (Å²) in [6, 6.07) is 24.9. The van der Waals surface area contributed by atoms with Gasteiger partial charge in [0.2, 0.25) is 5.91 Å². The fourth-order valence-corrected chi connectivity index (χ4v) is 3.77. The average molecular weight is 439 g/mol. The fourth-order valence-electron chi connectivity index (χ4n) is 3.77. The van der Waals surface area contributed by atoms with Crippen LogP contribution in [-0.4, -0.2) is 28.6 Å². The lowest BCUT2D eigenvalue weighted by atomic mass is 10.1. The van der Waals surface area contributed by atoms with Gasteiger partial charge in [0.05, 0.1) is 11.4 Å². The minimum atomic E-state index is -0.181. The maximum absolute atomic E-state index is 13.0. The monoisotopic (exact) mass is 438 g/mol. The van der Waals surface area contributed by atoms with Crippen LogP contribution in [0.3, 0.4) is 0 Å². The Bertz CT molecular complexity index is 1290. The zero-order valence-corrected chi connectivity index (χ0v) is 19.2. The predicted octanol–water partition coefficient (Wildman–Crippen LogP) is 5.39. The van der Waals surface area contributed by atoms with Crippen LogP contribution in [0.25, 0.3) is 16.8 Å². The van der Waals surface area contributed by atoms with Crippen LogP contribution in [0.15, 0.2) is 78.9 Å². The van der Waals surface area contributed by atoms with E-state index in [0.29, 0.717) is 11.4 Å². The Morgan fingerprint density at radius 1 is 0.879 bits per heavy atom. The van der Waals surface area contributed by atoms with Gasteiger partial charge < -0.3 is 10.2 Å². The van der Waals surface area contributed by atoms with Gasteiger partial charge in [-0.05, 0) is 55.8 Å². The third-order valence-corrected chi connectivity index (χ3v) is 5.50. The maximum atomic E-state index is 13.0. The van der Waals surface area contributed by atoms with Crippen molar-refractivity contribution in [2.75, 3.05) is 17.3 Å². The molecule has 166 valence electrons. The lowest BCUT2D eigenvalue weighted by Crippen LogP contribution is -2.26. The summed E-state index contributed by atoms with van der Waals surface area (Å²) in [7, 11) is 1.76. The normalized spacial score (nSPS) is 10.7. The van der Waals surface area contributed by atoms with Gasteiger partial charge in [0.15, 0.2) is 0 Å². The molecule has 0 aliphatic heterocycles. The summed E-state index contributed by atoms with van der Waals surface area (Å²) in [5, 5.41) is 7.61. The number of aromatic nitrogens is 2. The van der Waals surface area contributed by atoms with Crippen LogP contribution in [0, 0.1) is 13.8 Å². The number of nitrogens with zero attached hydrogens (tertiary/aromatic N) is 3. The van der Waals surface area contributed by atoms with Gasteiger partial charge in [0.25, 0.3) is 5.91 Å². The van der Waals surface area contributed by atoms with Crippen molar-refractivity contribution in [1.29, 1.82) is 0 Å². The van der Waals surface area contributed by atoms with Gasteiger partial charge >= 0.3 is 0 Å². The van der Waals surface area contributed by atoms with Crippen molar-refractivity contribution in [3.05, 3.63) is 95.7 Å². The van der Waals surface area contributed by atoms with Crippen LogP contribution < -0.4 is 10.2 Å². The van der Waals surface area contributed by atoms with Gasteiger partial charge in [0, 0.05) is 30.8 Å². The molecule has 0 spiro atoms. The van der Waals surface area contributed by atoms with Crippen LogP contribution >= 0.6 is 0 Å². The molecule has 1 aromatic heterocycles. The highest BCUT2D eigenvalue weighted by Gasteiger charge is 2.20. The van der Waals surface area contributed by atoms with Crippen LogP contribution in [-0.2, 0) is 4.79 Å². The first-order chi connectivity index (χ1) is 15.8. The van der Waals surface area contributed by atoms with Crippen molar-refractivity contribution in [1.82, 2.24) is 9.78 Å². The minimum Gasteiger partial charge on any atom is -0.311 e. The van der Waals surface area contributed by atoms with E-state index >= 15 is 0 Å². The zero-order valence-electron chi connectivity index (χ0n) is 19.2. The van der Waals surface area contributed by atoms with E-state index in [1.54, 1.807) is 28.8 Å². The van der Waals surface area contributed by atoms with Crippen molar-refractivity contribution in [2.24, 2.45) is 0 Å². The number of benzene rings is 3. The topological polar surface area (TPSA) is 67.2 Å². The summed E-state index contributed by atoms with van der Waals surface area (Å²) in [5.41, 5.74) is 5.92. The molecule has 0 saturated heterocycles. The molecule has 4 aromatic rings. The first kappa shape index (κ1) is 22.0. The SMILES string of the molecule is CC(=O)Nc1c(-c2ccccc2)c(C)nn1-c1ccc(C(=O)N(C)c2ccc(C)cc2)cc1. The molecule has 0 aliphatic rings. The van der Waals surface area contributed by atoms with Crippen LogP contribution in [0.5, 0.6) is 0 Å². The number of hydrogen-bond donors (Lipinski definition) is 1. The molecule has 1 N–H and O–H groups in total. The second-order valence-electron chi connectivity index (χ2n) is 8.01. The molecular formula is C27H26N4O2. The van der Waals surface area contributed by atoms with Gasteiger partial charge in [-0.2, -0.15) is 5.10 Å². The quantitative estimate of drug-likeness (QED) is 0.454. The average Bonchev–Trinajstić information content (AvgIpc) is 3.14. The molecular weight excluding hydrogens is 412 g/mol. The molecule has 0 aliphatic carbocycles. The summed E-state index contributed by atoms with van der Waals surface area (Å²) in [5.74, 6) is 0.316. The predicted molar refractivity (Wildman–Crippen MR) is 132 cm³/mol. The number of hydrogen-bond acceptors (Lipinski definition) is 3. The van der Waals surface area contributed by atoms with Crippen LogP contribution in [0.4, 0.5) is 11.5 Å². The van der Waals surface area contributed by atoms with Crippen molar-refractivity contribution < 1.29 is 9.59 Å². The minimum absolute atomic E-state index is 0.103. The Morgan fingerprint density at radius 3 is 2.12 bits per heavy atom. The standard InChI is InChI=1S/C27H26N4O2/c1-18-10-14-23(15-11-18)30(4)27(33)22-12-16-24(17-13-22)31-26(28-20(3)32)25(19(2)29-31)21-8-6-5-7-9-21/h5-17H,1-4H3,(H,28,32). The third-order valence-electron chi connectivity index (χ3n) is 5.50. The smallest absolute Gasteiger partial charge is 0.258 e. The molecule has 3 aromatic carbocycles. The molecule has 4 rings (SSSR count). The van der Waals surface area contributed by atoms with Gasteiger partial charge in [0.1, 0.15) is 5.82 Å². The molecule has 2 amide bonds. The summed E-state index contributed by atoms with van der Waals surface area (Å²) in [4.78, 5) is 26.6. The van der Waals surface area contributed by atoms with Gasteiger partial charge in [-0.1, -0.05) is 48.0 Å². The first-order valence-corrected chi connectivity index (χ1v) is 10.7. The summed E-state index contributed by atoms with van der Waals surface area (Å²) < 4.78 is 1.71. The van der Waals surface area contributed by atoms with E-state index in [2.05, 4.69) is 10.4 Å². The van der Waals surface area contributed by atoms with Crippen LogP contribution in [0.2, 0.25) is 0 Å². The van der Waals surface area contributed by atoms with Crippen molar-refractivity contribution >= 4 is 23.3 Å². The lowest BCUT2D eigenvalue weighted by Gasteiger charge is -2.18. The Balaban J connectivity index is 1.68. The van der Waals surface area contributed by atoms with Gasteiger partial charge in [-0.25, -0.2) is 4.68 Å². The Morgan fingerprint density at radius 2 is 1.52 bits per heavy atom. The number of rotatable bonds is 5. The lowest BCUT2D eigenvalue weighted by molar-refractivity contribution is -0.114. The highest BCUT2D eigenvalue weighted by molar-refractivity contribution is 6.05. The molecule has 33 heavy (non-hydrogen) atoms. The largest absolute Gasteiger partial charge is 0.311 e. The van der Waals surface area contributed by atoms with E-state index in [1.807, 2.05) is 80.6 Å². The molecule has 1 heterocycles. The maximum Gasteiger partial charge on any atom is 0.258 e. The van der Waals surface area contributed by atoms with Crippen molar-refractivity contribution in [3.8, 4) is 16.8 Å². The number of anilines is 2. The van der Waals surface area contributed by atoms with Gasteiger partial charge in [-0.3, -0.25) is 9.59 Å². The highest BCUT2D eigenvalue weighted by atomic mass is 16.2. The molecule has 6 nitrogen and oxygen atoms in total. The van der Waals surface area contributed by atoms with E-state index < -0.39 is 0 Å². The van der Waals surface area contributed by atoms with E-state index in [9.17, 15) is 9.59 Å². The molecule has 0 atom stereocenters. The molecule has 6 heteroatoms. The summed E-state index contributed by atoms with van der Waals surface area (Å²) in [6.45, 7) is 5.41. The van der Waals surface area contributed by atoms with E-state index in [4.69, 9.17) is 0 Å². The molecule has 0 fully saturated rings. The van der Waals surface area contributed by atoms with E-state index in [0.717, 1.165) is 33.8 Å². The zero-order chi connectivity index (χ0) is 23.5. The summed E-state index contributed by atoms with van der Waals surface area (Å²) >= 11 is 0.